The van der Waals surface area contributed by atoms with Gasteiger partial charge in [0.2, 0.25) is 5.91 Å². The van der Waals surface area contributed by atoms with Crippen LogP contribution in [0, 0.1) is 30.6 Å². The molecule has 2 amide bonds. The van der Waals surface area contributed by atoms with Crippen molar-refractivity contribution in [2.75, 3.05) is 5.32 Å². The van der Waals surface area contributed by atoms with Crippen LogP contribution in [-0.2, 0) is 16.0 Å². The van der Waals surface area contributed by atoms with Gasteiger partial charge in [0.15, 0.2) is 0 Å². The minimum Gasteiger partial charge on any atom is -0.481 e. The van der Waals surface area contributed by atoms with E-state index in [0.29, 0.717) is 17.0 Å². The van der Waals surface area contributed by atoms with E-state index in [1.54, 1.807) is 0 Å². The third-order valence-corrected chi connectivity index (χ3v) is 8.12. The molecular weight excluding hydrogens is 400 g/mol. The summed E-state index contributed by atoms with van der Waals surface area (Å²) in [5.41, 5.74) is 1.52. The fraction of sp³-hybridized carbons (Fsp3) is 0.609. The number of carbonyl (C=O) groups is 3. The fourth-order valence-corrected chi connectivity index (χ4v) is 6.69. The summed E-state index contributed by atoms with van der Waals surface area (Å²) < 4.78 is 0. The van der Waals surface area contributed by atoms with Crippen molar-refractivity contribution in [3.63, 3.8) is 0 Å². The molecule has 1 aromatic rings. The van der Waals surface area contributed by atoms with E-state index in [9.17, 15) is 19.5 Å². The molecule has 5 rings (SSSR count). The smallest absolute Gasteiger partial charge is 0.307 e. The average molecular weight is 431 g/mol. The Balaban J connectivity index is 1.59. The van der Waals surface area contributed by atoms with E-state index in [4.69, 9.17) is 0 Å². The first-order chi connectivity index (χ1) is 14.4. The number of carboxylic acid groups (broad SMARTS) is 1. The quantitative estimate of drug-likeness (QED) is 0.591. The molecular formula is C23H30N2O4S. The number of thiophene rings is 1. The first-order valence-corrected chi connectivity index (χ1v) is 11.9. The predicted octanol–water partition coefficient (Wildman–Crippen LogP) is 4.14. The van der Waals surface area contributed by atoms with Gasteiger partial charge < -0.3 is 15.7 Å². The summed E-state index contributed by atoms with van der Waals surface area (Å²) in [6, 6.07) is 0.196. The number of hydrogen-bond donors (Lipinski definition) is 3. The molecule has 0 spiro atoms. The van der Waals surface area contributed by atoms with Crippen LogP contribution in [0.4, 0.5) is 5.00 Å². The minimum atomic E-state index is -0.912. The molecule has 7 heteroatoms. The Kier molecular flexibility index (Phi) is 6.00. The number of rotatable bonds is 6. The normalized spacial score (nSPS) is 27.9. The summed E-state index contributed by atoms with van der Waals surface area (Å²) in [6.45, 7) is 3.98. The zero-order chi connectivity index (χ0) is 21.4. The SMILES string of the molecule is CCc1c(C)sc(NC(=O)[C@@H]2[C@@H](C(=O)O)[C@H]3C=C[C@H]2CC3)c1C(=O)NC1CCCC1. The largest absolute Gasteiger partial charge is 0.481 e. The topological polar surface area (TPSA) is 95.5 Å². The van der Waals surface area contributed by atoms with Gasteiger partial charge >= 0.3 is 5.97 Å². The van der Waals surface area contributed by atoms with Gasteiger partial charge in [0.25, 0.3) is 5.91 Å². The van der Waals surface area contributed by atoms with Crippen LogP contribution in [0.2, 0.25) is 0 Å². The molecule has 6 nitrogen and oxygen atoms in total. The van der Waals surface area contributed by atoms with Gasteiger partial charge in [-0.3, -0.25) is 14.4 Å². The number of nitrogens with one attached hydrogen (secondary N) is 2. The molecule has 4 aliphatic rings. The van der Waals surface area contributed by atoms with Crippen LogP contribution in [0.3, 0.4) is 0 Å². The van der Waals surface area contributed by atoms with Crippen LogP contribution in [0.1, 0.15) is 66.2 Å². The van der Waals surface area contributed by atoms with Crippen molar-refractivity contribution >= 4 is 34.1 Å². The van der Waals surface area contributed by atoms with E-state index in [1.807, 2.05) is 26.0 Å². The van der Waals surface area contributed by atoms with E-state index in [1.165, 1.54) is 11.3 Å². The van der Waals surface area contributed by atoms with Crippen LogP contribution in [-0.4, -0.2) is 28.9 Å². The maximum atomic E-state index is 13.3. The van der Waals surface area contributed by atoms with Gasteiger partial charge in [-0.1, -0.05) is 31.9 Å². The molecule has 2 saturated carbocycles. The number of hydrogen-bond acceptors (Lipinski definition) is 4. The Bertz CT molecular complexity index is 884. The molecule has 3 N–H and O–H groups in total. The first-order valence-electron chi connectivity index (χ1n) is 11.1. The van der Waals surface area contributed by atoms with E-state index < -0.39 is 17.8 Å². The van der Waals surface area contributed by atoms with Crippen LogP contribution in [0.15, 0.2) is 12.2 Å². The predicted molar refractivity (Wildman–Crippen MR) is 117 cm³/mol. The molecule has 4 atom stereocenters. The van der Waals surface area contributed by atoms with E-state index in [-0.39, 0.29) is 29.7 Å². The van der Waals surface area contributed by atoms with Crippen molar-refractivity contribution in [1.29, 1.82) is 0 Å². The number of carbonyl (C=O) groups excluding carboxylic acids is 2. The van der Waals surface area contributed by atoms with Gasteiger partial charge in [-0.05, 0) is 56.4 Å². The molecule has 0 aliphatic heterocycles. The summed E-state index contributed by atoms with van der Waals surface area (Å²) in [4.78, 5) is 39.3. The lowest BCUT2D eigenvalue weighted by Gasteiger charge is -2.41. The third kappa shape index (κ3) is 3.80. The van der Waals surface area contributed by atoms with Crippen LogP contribution in [0.5, 0.6) is 0 Å². The van der Waals surface area contributed by atoms with E-state index >= 15 is 0 Å². The van der Waals surface area contributed by atoms with Crippen molar-refractivity contribution in [3.8, 4) is 0 Å². The molecule has 0 unspecified atom stereocenters. The molecule has 1 heterocycles. The van der Waals surface area contributed by atoms with Gasteiger partial charge in [0.1, 0.15) is 5.00 Å². The highest BCUT2D eigenvalue weighted by atomic mass is 32.1. The van der Waals surface area contributed by atoms with Crippen molar-refractivity contribution in [2.45, 2.75) is 64.8 Å². The fourth-order valence-electron chi connectivity index (χ4n) is 5.54. The summed E-state index contributed by atoms with van der Waals surface area (Å²) >= 11 is 1.42. The highest BCUT2D eigenvalue weighted by Gasteiger charge is 2.48. The number of fused-ring (bicyclic) bond motifs is 2. The van der Waals surface area contributed by atoms with E-state index in [0.717, 1.165) is 49.0 Å². The molecule has 4 aliphatic carbocycles. The Morgan fingerprint density at radius 3 is 2.27 bits per heavy atom. The lowest BCUT2D eigenvalue weighted by molar-refractivity contribution is -0.151. The Labute approximate surface area is 181 Å². The van der Waals surface area contributed by atoms with Crippen LogP contribution < -0.4 is 10.6 Å². The van der Waals surface area contributed by atoms with Gasteiger partial charge in [-0.2, -0.15) is 0 Å². The maximum Gasteiger partial charge on any atom is 0.307 e. The van der Waals surface area contributed by atoms with E-state index in [2.05, 4.69) is 10.6 Å². The summed E-state index contributed by atoms with van der Waals surface area (Å²) in [5.74, 6) is -2.76. The van der Waals surface area contributed by atoms with Crippen molar-refractivity contribution in [1.82, 2.24) is 5.32 Å². The van der Waals surface area contributed by atoms with Crippen molar-refractivity contribution in [3.05, 3.63) is 28.2 Å². The number of amides is 2. The second kappa shape index (κ2) is 8.53. The van der Waals surface area contributed by atoms with Crippen molar-refractivity contribution < 1.29 is 19.5 Å². The Morgan fingerprint density at radius 2 is 1.70 bits per heavy atom. The van der Waals surface area contributed by atoms with Gasteiger partial charge in [0, 0.05) is 10.9 Å². The molecule has 0 saturated heterocycles. The minimum absolute atomic E-state index is 0.0569. The molecule has 0 radical (unpaired) electrons. The number of allylic oxidation sites excluding steroid dienone is 2. The summed E-state index contributed by atoms with van der Waals surface area (Å²) in [7, 11) is 0. The van der Waals surface area contributed by atoms with Gasteiger partial charge in [0.05, 0.1) is 17.4 Å². The maximum absolute atomic E-state index is 13.3. The van der Waals surface area contributed by atoms with Crippen LogP contribution in [0.25, 0.3) is 0 Å². The highest BCUT2D eigenvalue weighted by molar-refractivity contribution is 7.16. The third-order valence-electron chi connectivity index (χ3n) is 7.05. The second-order valence-electron chi connectivity index (χ2n) is 8.82. The summed E-state index contributed by atoms with van der Waals surface area (Å²) in [6.07, 6.45) is 10.6. The summed E-state index contributed by atoms with van der Waals surface area (Å²) in [5, 5.41) is 16.4. The highest BCUT2D eigenvalue weighted by Crippen LogP contribution is 2.46. The van der Waals surface area contributed by atoms with Gasteiger partial charge in [-0.25, -0.2) is 0 Å². The zero-order valence-corrected chi connectivity index (χ0v) is 18.4. The molecule has 30 heavy (non-hydrogen) atoms. The molecule has 162 valence electrons. The molecule has 2 bridgehead atoms. The monoisotopic (exact) mass is 430 g/mol. The average Bonchev–Trinajstić information content (AvgIpc) is 3.34. The second-order valence-corrected chi connectivity index (χ2v) is 10.0. The number of carboxylic acids is 1. The van der Waals surface area contributed by atoms with Crippen molar-refractivity contribution in [2.24, 2.45) is 23.7 Å². The molecule has 0 aromatic carbocycles. The molecule has 1 aromatic heterocycles. The first kappa shape index (κ1) is 21.1. The Morgan fingerprint density at radius 1 is 1.07 bits per heavy atom. The number of aryl methyl sites for hydroxylation is 1. The lowest BCUT2D eigenvalue weighted by atomic mass is 9.62. The molecule has 2 fully saturated rings. The number of aliphatic carboxylic acids is 1. The zero-order valence-electron chi connectivity index (χ0n) is 17.6. The number of anilines is 1. The van der Waals surface area contributed by atoms with Crippen LogP contribution >= 0.6 is 11.3 Å². The standard InChI is InChI=1S/C23H30N2O4S/c1-3-16-12(2)30-22(19(16)21(27)24-15-6-4-5-7-15)25-20(26)17-13-8-10-14(11-9-13)18(17)23(28)29/h8,10,13-15,17-18H,3-7,9,11H2,1-2H3,(H,24,27)(H,25,26)(H,28,29)/t13-,14-,17-,18-/m0/s1. The lowest BCUT2D eigenvalue weighted by Crippen LogP contribution is -2.47. The Hall–Kier alpha value is -2.15. The van der Waals surface area contributed by atoms with Gasteiger partial charge in [-0.15, -0.1) is 11.3 Å².